The second kappa shape index (κ2) is 5.28. The summed E-state index contributed by atoms with van der Waals surface area (Å²) in [6, 6.07) is 10.0. The molecule has 1 aliphatic rings. The first-order valence-electron chi connectivity index (χ1n) is 6.64. The van der Waals surface area contributed by atoms with E-state index in [0.29, 0.717) is 19.5 Å². The molecule has 2 aromatic rings. The van der Waals surface area contributed by atoms with Gasteiger partial charge in [0, 0.05) is 24.7 Å². The summed E-state index contributed by atoms with van der Waals surface area (Å²) in [5, 5.41) is 0. The Morgan fingerprint density at radius 1 is 1.25 bits per heavy atom. The second-order valence-corrected chi connectivity index (χ2v) is 4.94. The molecule has 5 nitrogen and oxygen atoms in total. The molecule has 0 atom stereocenters. The van der Waals surface area contributed by atoms with E-state index in [9.17, 15) is 4.79 Å². The smallest absolute Gasteiger partial charge is 0.223 e. The number of anilines is 1. The van der Waals surface area contributed by atoms with Gasteiger partial charge in [-0.1, -0.05) is 30.3 Å². The quantitative estimate of drug-likeness (QED) is 0.916. The highest BCUT2D eigenvalue weighted by atomic mass is 16.2. The molecular formula is C15H16N4O. The van der Waals surface area contributed by atoms with E-state index in [1.807, 2.05) is 35.2 Å². The molecule has 1 aliphatic heterocycles. The average Bonchev–Trinajstić information content (AvgIpc) is 2.89. The van der Waals surface area contributed by atoms with Crippen molar-refractivity contribution in [3.8, 4) is 0 Å². The lowest BCUT2D eigenvalue weighted by molar-refractivity contribution is -0.131. The van der Waals surface area contributed by atoms with Crippen molar-refractivity contribution in [3.63, 3.8) is 0 Å². The number of aromatic nitrogens is 2. The monoisotopic (exact) mass is 268 g/mol. The molecular weight excluding hydrogens is 252 g/mol. The van der Waals surface area contributed by atoms with Crippen molar-refractivity contribution in [1.29, 1.82) is 0 Å². The number of rotatable bonds is 3. The fraction of sp³-hybridized carbons (Fsp3) is 0.267. The summed E-state index contributed by atoms with van der Waals surface area (Å²) in [7, 11) is 0. The molecule has 0 saturated heterocycles. The SMILES string of the molecule is Nc1ncc2c(n1)CN(C(=O)CCc1ccccc1)C2. The van der Waals surface area contributed by atoms with Crippen LogP contribution in [-0.4, -0.2) is 20.8 Å². The Labute approximate surface area is 117 Å². The average molecular weight is 268 g/mol. The molecule has 0 spiro atoms. The van der Waals surface area contributed by atoms with Gasteiger partial charge in [-0.2, -0.15) is 0 Å². The maximum Gasteiger partial charge on any atom is 0.223 e. The van der Waals surface area contributed by atoms with E-state index < -0.39 is 0 Å². The third-order valence-corrected chi connectivity index (χ3v) is 3.50. The number of aryl methyl sites for hydroxylation is 1. The molecule has 5 heteroatoms. The molecule has 2 heterocycles. The minimum atomic E-state index is 0.144. The molecule has 3 rings (SSSR count). The number of nitrogens with zero attached hydrogens (tertiary/aromatic N) is 3. The van der Waals surface area contributed by atoms with Crippen molar-refractivity contribution in [3.05, 3.63) is 53.3 Å². The van der Waals surface area contributed by atoms with E-state index in [2.05, 4.69) is 9.97 Å². The molecule has 0 fully saturated rings. The van der Waals surface area contributed by atoms with E-state index in [4.69, 9.17) is 5.73 Å². The Hall–Kier alpha value is -2.43. The van der Waals surface area contributed by atoms with Gasteiger partial charge in [0.2, 0.25) is 11.9 Å². The standard InChI is InChI=1S/C15H16N4O/c16-15-17-8-12-9-19(10-13(12)18-15)14(20)7-6-11-4-2-1-3-5-11/h1-5,8H,6-7,9-10H2,(H2,16,17,18). The Morgan fingerprint density at radius 2 is 2.05 bits per heavy atom. The van der Waals surface area contributed by atoms with Gasteiger partial charge in [0.15, 0.2) is 0 Å². The highest BCUT2D eigenvalue weighted by molar-refractivity contribution is 5.77. The minimum Gasteiger partial charge on any atom is -0.368 e. The van der Waals surface area contributed by atoms with Crippen LogP contribution >= 0.6 is 0 Å². The zero-order valence-electron chi connectivity index (χ0n) is 11.1. The number of nitrogen functional groups attached to an aromatic ring is 1. The van der Waals surface area contributed by atoms with Crippen LogP contribution in [0.3, 0.4) is 0 Å². The summed E-state index contributed by atoms with van der Waals surface area (Å²) in [6.07, 6.45) is 2.99. The number of amides is 1. The van der Waals surface area contributed by atoms with Gasteiger partial charge < -0.3 is 10.6 Å². The van der Waals surface area contributed by atoms with Crippen molar-refractivity contribution in [2.75, 3.05) is 5.73 Å². The molecule has 0 saturated carbocycles. The summed E-state index contributed by atoms with van der Waals surface area (Å²) in [5.74, 6) is 0.410. The van der Waals surface area contributed by atoms with Crippen LogP contribution in [0.2, 0.25) is 0 Å². The van der Waals surface area contributed by atoms with Gasteiger partial charge in [0.05, 0.1) is 12.2 Å². The van der Waals surface area contributed by atoms with Crippen molar-refractivity contribution >= 4 is 11.9 Å². The van der Waals surface area contributed by atoms with Crippen LogP contribution in [0.25, 0.3) is 0 Å². The lowest BCUT2D eigenvalue weighted by Crippen LogP contribution is -2.25. The summed E-state index contributed by atoms with van der Waals surface area (Å²) in [6.45, 7) is 1.12. The van der Waals surface area contributed by atoms with Gasteiger partial charge in [-0.05, 0) is 12.0 Å². The van der Waals surface area contributed by atoms with Crippen LogP contribution in [0.1, 0.15) is 23.2 Å². The number of carbonyl (C=O) groups is 1. The third kappa shape index (κ3) is 2.61. The highest BCUT2D eigenvalue weighted by Gasteiger charge is 2.24. The van der Waals surface area contributed by atoms with Crippen molar-refractivity contribution in [2.24, 2.45) is 0 Å². The van der Waals surface area contributed by atoms with Crippen molar-refractivity contribution in [1.82, 2.24) is 14.9 Å². The fourth-order valence-corrected chi connectivity index (χ4v) is 2.40. The molecule has 0 radical (unpaired) electrons. The number of nitrogens with two attached hydrogens (primary N) is 1. The second-order valence-electron chi connectivity index (χ2n) is 4.94. The van der Waals surface area contributed by atoms with Gasteiger partial charge in [0.1, 0.15) is 0 Å². The van der Waals surface area contributed by atoms with E-state index in [1.54, 1.807) is 6.20 Å². The maximum absolute atomic E-state index is 12.2. The van der Waals surface area contributed by atoms with Crippen LogP contribution in [0, 0.1) is 0 Å². The summed E-state index contributed by atoms with van der Waals surface area (Å²) < 4.78 is 0. The molecule has 20 heavy (non-hydrogen) atoms. The van der Waals surface area contributed by atoms with Gasteiger partial charge in [0.25, 0.3) is 0 Å². The maximum atomic E-state index is 12.2. The molecule has 0 unspecified atom stereocenters. The largest absolute Gasteiger partial charge is 0.368 e. The van der Waals surface area contributed by atoms with Crippen LogP contribution < -0.4 is 5.73 Å². The van der Waals surface area contributed by atoms with Gasteiger partial charge in [-0.3, -0.25) is 4.79 Å². The number of benzene rings is 1. The molecule has 0 bridgehead atoms. The topological polar surface area (TPSA) is 72.1 Å². The predicted molar refractivity (Wildman–Crippen MR) is 75.5 cm³/mol. The predicted octanol–water partition coefficient (Wildman–Crippen LogP) is 1.53. The number of hydrogen-bond acceptors (Lipinski definition) is 4. The Kier molecular flexibility index (Phi) is 3.33. The molecule has 1 aromatic heterocycles. The Morgan fingerprint density at radius 3 is 2.85 bits per heavy atom. The number of carbonyl (C=O) groups excluding carboxylic acids is 1. The molecule has 1 aromatic carbocycles. The zero-order chi connectivity index (χ0) is 13.9. The minimum absolute atomic E-state index is 0.144. The summed E-state index contributed by atoms with van der Waals surface area (Å²) >= 11 is 0. The normalized spacial score (nSPS) is 13.3. The summed E-state index contributed by atoms with van der Waals surface area (Å²) in [4.78, 5) is 22.2. The number of fused-ring (bicyclic) bond motifs is 1. The molecule has 2 N–H and O–H groups in total. The van der Waals surface area contributed by atoms with Crippen LogP contribution in [-0.2, 0) is 24.3 Å². The zero-order valence-corrected chi connectivity index (χ0v) is 11.1. The van der Waals surface area contributed by atoms with Crippen LogP contribution in [0.4, 0.5) is 5.95 Å². The van der Waals surface area contributed by atoms with Gasteiger partial charge in [-0.15, -0.1) is 0 Å². The van der Waals surface area contributed by atoms with Crippen molar-refractivity contribution in [2.45, 2.75) is 25.9 Å². The van der Waals surface area contributed by atoms with Crippen LogP contribution in [0.5, 0.6) is 0 Å². The van der Waals surface area contributed by atoms with E-state index >= 15 is 0 Å². The Bertz CT molecular complexity index is 627. The van der Waals surface area contributed by atoms with Gasteiger partial charge in [-0.25, -0.2) is 9.97 Å². The van der Waals surface area contributed by atoms with E-state index in [1.165, 1.54) is 5.56 Å². The van der Waals surface area contributed by atoms with E-state index in [-0.39, 0.29) is 11.9 Å². The van der Waals surface area contributed by atoms with E-state index in [0.717, 1.165) is 17.7 Å². The van der Waals surface area contributed by atoms with Crippen LogP contribution in [0.15, 0.2) is 36.5 Å². The number of hydrogen-bond donors (Lipinski definition) is 1. The van der Waals surface area contributed by atoms with Gasteiger partial charge >= 0.3 is 0 Å². The lowest BCUT2D eigenvalue weighted by atomic mass is 10.1. The van der Waals surface area contributed by atoms with Crippen molar-refractivity contribution < 1.29 is 4.79 Å². The first-order valence-corrected chi connectivity index (χ1v) is 6.64. The molecule has 1 amide bonds. The Balaban J connectivity index is 1.60. The highest BCUT2D eigenvalue weighted by Crippen LogP contribution is 2.21. The molecule has 0 aliphatic carbocycles. The third-order valence-electron chi connectivity index (χ3n) is 3.50. The lowest BCUT2D eigenvalue weighted by Gasteiger charge is -2.14. The molecule has 102 valence electrons. The first kappa shape index (κ1) is 12.6. The summed E-state index contributed by atoms with van der Waals surface area (Å²) in [5.41, 5.74) is 8.60. The first-order chi connectivity index (χ1) is 9.72. The fourth-order valence-electron chi connectivity index (χ4n) is 2.40.